The Bertz CT molecular complexity index is 347. The summed E-state index contributed by atoms with van der Waals surface area (Å²) in [7, 11) is 3.30. The molecule has 3 nitrogen and oxygen atoms in total. The van der Waals surface area contributed by atoms with Gasteiger partial charge in [-0.1, -0.05) is 0 Å². The highest BCUT2D eigenvalue weighted by atomic mass is 79.9. The molecule has 1 atom stereocenters. The number of hydrogen-bond donors (Lipinski definition) is 0. The summed E-state index contributed by atoms with van der Waals surface area (Å²) < 4.78 is 16.6. The Morgan fingerprint density at radius 2 is 1.93 bits per heavy atom. The summed E-state index contributed by atoms with van der Waals surface area (Å²) in [5.41, 5.74) is 1.05. The van der Waals surface area contributed by atoms with Crippen molar-refractivity contribution >= 4 is 15.9 Å². The van der Waals surface area contributed by atoms with Gasteiger partial charge < -0.3 is 14.2 Å². The van der Waals surface area contributed by atoms with Crippen LogP contribution >= 0.6 is 15.9 Å². The fourth-order valence-electron chi connectivity index (χ4n) is 1.36. The molecule has 1 fully saturated rings. The Balaban J connectivity index is 2.44. The SMILES string of the molecule is COc1cc([C@H]2CO2)c(OC)cc1Br. The van der Waals surface area contributed by atoms with E-state index >= 15 is 0 Å². The standard InChI is InChI=1S/C10H11BrO3/c1-12-8-4-7(11)9(13-2)3-6(8)10-5-14-10/h3-4,10H,5H2,1-2H3/t10-/m1/s1. The van der Waals surface area contributed by atoms with Crippen molar-refractivity contribution in [2.75, 3.05) is 20.8 Å². The van der Waals surface area contributed by atoms with Crippen LogP contribution in [-0.2, 0) is 4.74 Å². The maximum Gasteiger partial charge on any atom is 0.133 e. The van der Waals surface area contributed by atoms with Gasteiger partial charge in [-0.25, -0.2) is 0 Å². The highest BCUT2D eigenvalue weighted by molar-refractivity contribution is 9.10. The molecule has 14 heavy (non-hydrogen) atoms. The summed E-state index contributed by atoms with van der Waals surface area (Å²) in [4.78, 5) is 0. The second-order valence-electron chi connectivity index (χ2n) is 3.05. The molecule has 1 aliphatic heterocycles. The average Bonchev–Trinajstić information content (AvgIpc) is 3.01. The third kappa shape index (κ3) is 1.72. The maximum atomic E-state index is 5.26. The Labute approximate surface area is 91.1 Å². The van der Waals surface area contributed by atoms with E-state index in [2.05, 4.69) is 15.9 Å². The Kier molecular flexibility index (Phi) is 2.65. The van der Waals surface area contributed by atoms with Crippen LogP contribution in [0.15, 0.2) is 16.6 Å². The van der Waals surface area contributed by atoms with E-state index in [4.69, 9.17) is 14.2 Å². The number of epoxide rings is 1. The molecule has 0 N–H and O–H groups in total. The highest BCUT2D eigenvalue weighted by Crippen LogP contribution is 2.41. The molecule has 1 aromatic carbocycles. The van der Waals surface area contributed by atoms with Crippen molar-refractivity contribution in [3.63, 3.8) is 0 Å². The van der Waals surface area contributed by atoms with Gasteiger partial charge in [-0.2, -0.15) is 0 Å². The molecule has 4 heteroatoms. The minimum Gasteiger partial charge on any atom is -0.496 e. The van der Waals surface area contributed by atoms with Gasteiger partial charge in [0.25, 0.3) is 0 Å². The van der Waals surface area contributed by atoms with E-state index in [1.807, 2.05) is 12.1 Å². The number of ether oxygens (including phenoxy) is 3. The third-order valence-electron chi connectivity index (χ3n) is 2.18. The van der Waals surface area contributed by atoms with Crippen molar-refractivity contribution in [2.24, 2.45) is 0 Å². The lowest BCUT2D eigenvalue weighted by Gasteiger charge is -2.10. The second-order valence-corrected chi connectivity index (χ2v) is 3.91. The molecule has 1 aromatic rings. The summed E-state index contributed by atoms with van der Waals surface area (Å²) in [5, 5.41) is 0. The van der Waals surface area contributed by atoms with Gasteiger partial charge in [0.1, 0.15) is 17.6 Å². The van der Waals surface area contributed by atoms with Gasteiger partial charge in [0, 0.05) is 5.56 Å². The number of hydrogen-bond acceptors (Lipinski definition) is 3. The molecule has 0 amide bonds. The molecular formula is C10H11BrO3. The van der Waals surface area contributed by atoms with Crippen molar-refractivity contribution in [3.05, 3.63) is 22.2 Å². The smallest absolute Gasteiger partial charge is 0.133 e. The van der Waals surface area contributed by atoms with Crippen LogP contribution in [0.3, 0.4) is 0 Å². The predicted octanol–water partition coefficient (Wildman–Crippen LogP) is 2.54. The number of halogens is 1. The fraction of sp³-hybridized carbons (Fsp3) is 0.400. The van der Waals surface area contributed by atoms with Gasteiger partial charge in [-0.15, -0.1) is 0 Å². The lowest BCUT2D eigenvalue weighted by atomic mass is 10.1. The monoisotopic (exact) mass is 258 g/mol. The molecule has 0 bridgehead atoms. The van der Waals surface area contributed by atoms with Crippen LogP contribution in [-0.4, -0.2) is 20.8 Å². The molecule has 1 aliphatic rings. The van der Waals surface area contributed by atoms with Crippen LogP contribution in [0.25, 0.3) is 0 Å². The quantitative estimate of drug-likeness (QED) is 0.781. The van der Waals surface area contributed by atoms with Gasteiger partial charge in [-0.05, 0) is 28.1 Å². The Morgan fingerprint density at radius 1 is 1.29 bits per heavy atom. The van der Waals surface area contributed by atoms with E-state index in [1.54, 1.807) is 14.2 Å². The first-order valence-corrected chi connectivity index (χ1v) is 5.08. The molecule has 1 saturated heterocycles. The Morgan fingerprint density at radius 3 is 2.43 bits per heavy atom. The van der Waals surface area contributed by atoms with Gasteiger partial charge in [-0.3, -0.25) is 0 Å². The van der Waals surface area contributed by atoms with Crippen LogP contribution in [0.4, 0.5) is 0 Å². The van der Waals surface area contributed by atoms with Crippen LogP contribution < -0.4 is 9.47 Å². The molecule has 0 unspecified atom stereocenters. The number of methoxy groups -OCH3 is 2. The fourth-order valence-corrected chi connectivity index (χ4v) is 1.85. The van der Waals surface area contributed by atoms with E-state index in [1.165, 1.54) is 0 Å². The summed E-state index contributed by atoms with van der Waals surface area (Å²) in [6.45, 7) is 0.765. The zero-order valence-corrected chi connectivity index (χ0v) is 9.63. The lowest BCUT2D eigenvalue weighted by Crippen LogP contribution is -1.93. The number of benzene rings is 1. The van der Waals surface area contributed by atoms with E-state index in [0.717, 1.165) is 28.1 Å². The first-order valence-electron chi connectivity index (χ1n) is 4.29. The molecular weight excluding hydrogens is 248 g/mol. The minimum atomic E-state index is 0.173. The first kappa shape index (κ1) is 9.80. The predicted molar refractivity (Wildman–Crippen MR) is 55.9 cm³/mol. The van der Waals surface area contributed by atoms with Crippen LogP contribution in [0, 0.1) is 0 Å². The Hall–Kier alpha value is -0.740. The first-order chi connectivity index (χ1) is 6.76. The van der Waals surface area contributed by atoms with Crippen molar-refractivity contribution in [1.82, 2.24) is 0 Å². The zero-order chi connectivity index (χ0) is 10.1. The van der Waals surface area contributed by atoms with E-state index in [0.29, 0.717) is 0 Å². The molecule has 0 spiro atoms. The van der Waals surface area contributed by atoms with E-state index in [-0.39, 0.29) is 6.10 Å². The zero-order valence-electron chi connectivity index (χ0n) is 8.04. The van der Waals surface area contributed by atoms with Crippen molar-refractivity contribution in [2.45, 2.75) is 6.10 Å². The van der Waals surface area contributed by atoms with Gasteiger partial charge in [0.2, 0.25) is 0 Å². The van der Waals surface area contributed by atoms with Crippen molar-refractivity contribution in [1.29, 1.82) is 0 Å². The lowest BCUT2D eigenvalue weighted by molar-refractivity contribution is 0.376. The maximum absolute atomic E-state index is 5.26. The molecule has 0 saturated carbocycles. The molecule has 0 radical (unpaired) electrons. The summed E-state index contributed by atoms with van der Waals surface area (Å²) in [5.74, 6) is 1.64. The highest BCUT2D eigenvalue weighted by Gasteiger charge is 2.29. The molecule has 0 aromatic heterocycles. The van der Waals surface area contributed by atoms with Crippen molar-refractivity contribution in [3.8, 4) is 11.5 Å². The van der Waals surface area contributed by atoms with Crippen molar-refractivity contribution < 1.29 is 14.2 Å². The summed E-state index contributed by atoms with van der Waals surface area (Å²) in [6, 6.07) is 3.84. The van der Waals surface area contributed by atoms with Crippen LogP contribution in [0.5, 0.6) is 11.5 Å². The molecule has 76 valence electrons. The molecule has 0 aliphatic carbocycles. The third-order valence-corrected chi connectivity index (χ3v) is 2.80. The van der Waals surface area contributed by atoms with E-state index in [9.17, 15) is 0 Å². The largest absolute Gasteiger partial charge is 0.496 e. The molecule has 1 heterocycles. The second kappa shape index (κ2) is 3.79. The molecule has 2 rings (SSSR count). The van der Waals surface area contributed by atoms with E-state index < -0.39 is 0 Å². The van der Waals surface area contributed by atoms with Gasteiger partial charge in [0.05, 0.1) is 25.3 Å². The number of rotatable bonds is 3. The summed E-state index contributed by atoms with van der Waals surface area (Å²) >= 11 is 3.41. The minimum absolute atomic E-state index is 0.173. The van der Waals surface area contributed by atoms with Crippen LogP contribution in [0.1, 0.15) is 11.7 Å². The topological polar surface area (TPSA) is 31.0 Å². The van der Waals surface area contributed by atoms with Crippen LogP contribution in [0.2, 0.25) is 0 Å². The van der Waals surface area contributed by atoms with Gasteiger partial charge in [0.15, 0.2) is 0 Å². The van der Waals surface area contributed by atoms with Gasteiger partial charge >= 0.3 is 0 Å². The summed E-state index contributed by atoms with van der Waals surface area (Å²) in [6.07, 6.45) is 0.173. The normalized spacial score (nSPS) is 19.2. The average molecular weight is 259 g/mol.